The molecule has 0 aliphatic carbocycles. The van der Waals surface area contributed by atoms with Crippen LogP contribution in [-0.2, 0) is 11.2 Å². The van der Waals surface area contributed by atoms with Crippen molar-refractivity contribution < 1.29 is 18.8 Å². The van der Waals surface area contributed by atoms with Crippen LogP contribution >= 0.6 is 11.3 Å². The Labute approximate surface area is 153 Å². The van der Waals surface area contributed by atoms with Crippen molar-refractivity contribution in [3.8, 4) is 16.4 Å². The molecule has 2 amide bonds. The van der Waals surface area contributed by atoms with Crippen LogP contribution in [0.2, 0.25) is 0 Å². The second kappa shape index (κ2) is 8.30. The molecule has 3 aromatic rings. The summed E-state index contributed by atoms with van der Waals surface area (Å²) in [7, 11) is 0. The number of aryl methyl sites for hydroxylation is 1. The summed E-state index contributed by atoms with van der Waals surface area (Å²) in [6, 6.07) is 12.7. The van der Waals surface area contributed by atoms with Gasteiger partial charge in [0.15, 0.2) is 18.1 Å². The van der Waals surface area contributed by atoms with Gasteiger partial charge in [-0.3, -0.25) is 20.4 Å². The van der Waals surface area contributed by atoms with Gasteiger partial charge in [0, 0.05) is 6.07 Å². The van der Waals surface area contributed by atoms with E-state index in [2.05, 4.69) is 16.0 Å². The van der Waals surface area contributed by atoms with Crippen LogP contribution in [0.3, 0.4) is 0 Å². The zero-order chi connectivity index (χ0) is 18.4. The minimum Gasteiger partial charge on any atom is -0.483 e. The number of hydrazine groups is 1. The Morgan fingerprint density at radius 2 is 2.04 bits per heavy atom. The third-order valence-corrected chi connectivity index (χ3v) is 4.42. The Kier molecular flexibility index (Phi) is 5.65. The minimum atomic E-state index is -0.570. The number of hydrogen-bond acceptors (Lipinski definition) is 6. The highest BCUT2D eigenvalue weighted by Crippen LogP contribution is 2.25. The number of amides is 2. The third kappa shape index (κ3) is 4.28. The summed E-state index contributed by atoms with van der Waals surface area (Å²) < 4.78 is 10.6. The fourth-order valence-electron chi connectivity index (χ4n) is 2.22. The predicted octanol–water partition coefficient (Wildman–Crippen LogP) is 2.81. The lowest BCUT2D eigenvalue weighted by Gasteiger charge is -2.10. The molecule has 0 aliphatic rings. The first-order valence-electron chi connectivity index (χ1n) is 7.98. The number of thiophene rings is 1. The lowest BCUT2D eigenvalue weighted by atomic mass is 10.1. The fourth-order valence-corrected chi connectivity index (χ4v) is 2.90. The van der Waals surface area contributed by atoms with Crippen LogP contribution in [0.4, 0.5) is 0 Å². The third-order valence-electron chi connectivity index (χ3n) is 3.53. The Bertz CT molecular complexity index is 889. The van der Waals surface area contributed by atoms with E-state index < -0.39 is 11.8 Å². The van der Waals surface area contributed by atoms with Crippen molar-refractivity contribution in [3.63, 3.8) is 0 Å². The molecule has 2 N–H and O–H groups in total. The number of benzene rings is 1. The maximum absolute atomic E-state index is 12.0. The first-order chi connectivity index (χ1) is 12.7. The molecule has 0 bridgehead atoms. The van der Waals surface area contributed by atoms with Crippen LogP contribution in [-0.4, -0.2) is 23.6 Å². The maximum Gasteiger partial charge on any atom is 0.291 e. The van der Waals surface area contributed by atoms with Gasteiger partial charge in [-0.2, -0.15) is 0 Å². The Balaban J connectivity index is 1.49. The predicted molar refractivity (Wildman–Crippen MR) is 96.7 cm³/mol. The summed E-state index contributed by atoms with van der Waals surface area (Å²) in [5.41, 5.74) is 5.66. The normalized spacial score (nSPS) is 10.3. The van der Waals surface area contributed by atoms with E-state index in [0.29, 0.717) is 11.5 Å². The SMILES string of the molecule is CCc1ccccc1OCC(=O)NNC(=O)c1cc(-c2cccs2)on1. The summed E-state index contributed by atoms with van der Waals surface area (Å²) >= 11 is 1.48. The molecule has 134 valence electrons. The van der Waals surface area contributed by atoms with Gasteiger partial charge in [0.25, 0.3) is 11.8 Å². The fraction of sp³-hybridized carbons (Fsp3) is 0.167. The summed E-state index contributed by atoms with van der Waals surface area (Å²) in [4.78, 5) is 24.7. The van der Waals surface area contributed by atoms with E-state index in [1.807, 2.05) is 42.6 Å². The van der Waals surface area contributed by atoms with Gasteiger partial charge in [-0.1, -0.05) is 36.3 Å². The van der Waals surface area contributed by atoms with E-state index in [1.165, 1.54) is 17.4 Å². The number of nitrogens with one attached hydrogen (secondary N) is 2. The summed E-state index contributed by atoms with van der Waals surface area (Å²) in [6.45, 7) is 1.79. The molecule has 0 saturated carbocycles. The van der Waals surface area contributed by atoms with E-state index >= 15 is 0 Å². The Morgan fingerprint density at radius 3 is 2.81 bits per heavy atom. The molecular weight excluding hydrogens is 354 g/mol. The van der Waals surface area contributed by atoms with Crippen LogP contribution < -0.4 is 15.6 Å². The number of carbonyl (C=O) groups is 2. The van der Waals surface area contributed by atoms with Crippen molar-refractivity contribution in [2.75, 3.05) is 6.61 Å². The van der Waals surface area contributed by atoms with Gasteiger partial charge in [0.1, 0.15) is 5.75 Å². The van der Waals surface area contributed by atoms with Crippen LogP contribution in [0.1, 0.15) is 23.0 Å². The monoisotopic (exact) mass is 371 g/mol. The summed E-state index contributed by atoms with van der Waals surface area (Å²) in [5.74, 6) is 0.0923. The Morgan fingerprint density at radius 1 is 1.19 bits per heavy atom. The average Bonchev–Trinajstić information content (AvgIpc) is 3.36. The highest BCUT2D eigenvalue weighted by atomic mass is 32.1. The highest BCUT2D eigenvalue weighted by molar-refractivity contribution is 7.13. The molecule has 0 aliphatic heterocycles. The molecule has 1 aromatic carbocycles. The number of ether oxygens (including phenoxy) is 1. The van der Waals surface area contributed by atoms with Crippen molar-refractivity contribution >= 4 is 23.2 Å². The van der Waals surface area contributed by atoms with Gasteiger partial charge in [-0.15, -0.1) is 11.3 Å². The topological polar surface area (TPSA) is 93.5 Å². The van der Waals surface area contributed by atoms with Gasteiger partial charge in [-0.25, -0.2) is 0 Å². The minimum absolute atomic E-state index is 0.0750. The molecule has 2 heterocycles. The van der Waals surface area contributed by atoms with Crippen LogP contribution in [0, 0.1) is 0 Å². The van der Waals surface area contributed by atoms with E-state index in [9.17, 15) is 9.59 Å². The molecule has 7 nitrogen and oxygen atoms in total. The molecule has 0 radical (unpaired) electrons. The molecule has 0 atom stereocenters. The molecule has 26 heavy (non-hydrogen) atoms. The number of rotatable bonds is 6. The van der Waals surface area contributed by atoms with Crippen molar-refractivity contribution in [2.24, 2.45) is 0 Å². The van der Waals surface area contributed by atoms with Gasteiger partial charge >= 0.3 is 0 Å². The van der Waals surface area contributed by atoms with Crippen LogP contribution in [0.25, 0.3) is 10.6 Å². The van der Waals surface area contributed by atoms with E-state index in [0.717, 1.165) is 16.9 Å². The largest absolute Gasteiger partial charge is 0.483 e. The second-order valence-corrected chi connectivity index (χ2v) is 6.25. The molecule has 0 unspecified atom stereocenters. The van der Waals surface area contributed by atoms with Crippen LogP contribution in [0.15, 0.2) is 52.4 Å². The number of nitrogens with zero attached hydrogens (tertiary/aromatic N) is 1. The van der Waals surface area contributed by atoms with Gasteiger partial charge in [0.05, 0.1) is 4.88 Å². The average molecular weight is 371 g/mol. The van der Waals surface area contributed by atoms with Crippen molar-refractivity contribution in [3.05, 3.63) is 59.1 Å². The maximum atomic E-state index is 12.0. The van der Waals surface area contributed by atoms with E-state index in [4.69, 9.17) is 9.26 Å². The molecule has 0 spiro atoms. The molecule has 8 heteroatoms. The zero-order valence-corrected chi connectivity index (χ0v) is 14.8. The van der Waals surface area contributed by atoms with Crippen molar-refractivity contribution in [2.45, 2.75) is 13.3 Å². The smallest absolute Gasteiger partial charge is 0.291 e. The quantitative estimate of drug-likeness (QED) is 0.650. The van der Waals surface area contributed by atoms with E-state index in [1.54, 1.807) is 6.07 Å². The molecule has 3 rings (SSSR count). The first-order valence-corrected chi connectivity index (χ1v) is 8.86. The van der Waals surface area contributed by atoms with Crippen molar-refractivity contribution in [1.82, 2.24) is 16.0 Å². The second-order valence-electron chi connectivity index (χ2n) is 5.31. The molecule has 0 saturated heterocycles. The van der Waals surface area contributed by atoms with Gasteiger partial charge < -0.3 is 9.26 Å². The summed E-state index contributed by atoms with van der Waals surface area (Å²) in [6.07, 6.45) is 0.799. The van der Waals surface area contributed by atoms with Crippen molar-refractivity contribution in [1.29, 1.82) is 0 Å². The number of para-hydroxylation sites is 1. The first kappa shape index (κ1) is 17.7. The van der Waals surface area contributed by atoms with Gasteiger partial charge in [0.2, 0.25) is 0 Å². The molecule has 2 aromatic heterocycles. The van der Waals surface area contributed by atoms with Crippen LogP contribution in [0.5, 0.6) is 5.75 Å². The number of hydrogen-bond donors (Lipinski definition) is 2. The lowest BCUT2D eigenvalue weighted by molar-refractivity contribution is -0.123. The zero-order valence-electron chi connectivity index (χ0n) is 14.0. The molecular formula is C18H17N3O4S. The Hall–Kier alpha value is -3.13. The number of aromatic nitrogens is 1. The summed E-state index contributed by atoms with van der Waals surface area (Å²) in [5, 5.41) is 5.60. The number of carbonyl (C=O) groups excluding carboxylic acids is 2. The highest BCUT2D eigenvalue weighted by Gasteiger charge is 2.15. The van der Waals surface area contributed by atoms with E-state index in [-0.39, 0.29) is 12.3 Å². The van der Waals surface area contributed by atoms with Gasteiger partial charge in [-0.05, 0) is 29.5 Å². The lowest BCUT2D eigenvalue weighted by Crippen LogP contribution is -2.44. The standard InChI is InChI=1S/C18H17N3O4S/c1-2-12-6-3-4-7-14(12)24-11-17(22)19-20-18(23)13-10-15(25-21-13)16-8-5-9-26-16/h3-10H,2,11H2,1H3,(H,19,22)(H,20,23). The molecule has 0 fully saturated rings.